The summed E-state index contributed by atoms with van der Waals surface area (Å²) in [7, 11) is 0. The number of aromatic nitrogens is 1. The fraction of sp³-hybridized carbons (Fsp3) is 0.583. The van der Waals surface area contributed by atoms with Crippen LogP contribution < -0.4 is 5.73 Å². The van der Waals surface area contributed by atoms with E-state index < -0.39 is 0 Å². The number of hydrogen-bond acceptors (Lipinski definition) is 3. The largest absolute Gasteiger partial charge is 0.330 e. The highest BCUT2D eigenvalue weighted by molar-refractivity contribution is 6.29. The molecule has 1 fully saturated rings. The van der Waals surface area contributed by atoms with Crippen LogP contribution in [0.4, 0.5) is 0 Å². The van der Waals surface area contributed by atoms with Crippen molar-refractivity contribution in [2.24, 2.45) is 11.7 Å². The Labute approximate surface area is 102 Å². The maximum absolute atomic E-state index is 5.87. The van der Waals surface area contributed by atoms with Gasteiger partial charge in [0, 0.05) is 13.1 Å². The van der Waals surface area contributed by atoms with Gasteiger partial charge in [-0.05, 0) is 44.0 Å². The number of likely N-dealkylation sites (tertiary alicyclic amines) is 1. The minimum absolute atomic E-state index is 0.574. The molecule has 4 heteroatoms. The van der Waals surface area contributed by atoms with Crippen LogP contribution in [0.5, 0.6) is 0 Å². The summed E-state index contributed by atoms with van der Waals surface area (Å²) in [6, 6.07) is 5.79. The molecule has 1 aliphatic rings. The predicted molar refractivity (Wildman–Crippen MR) is 66.3 cm³/mol. The van der Waals surface area contributed by atoms with Gasteiger partial charge < -0.3 is 5.73 Å². The molecule has 1 aromatic heterocycles. The monoisotopic (exact) mass is 239 g/mol. The Kier molecular flexibility index (Phi) is 4.16. The molecular weight excluding hydrogens is 222 g/mol. The van der Waals surface area contributed by atoms with Crippen LogP contribution in [0.1, 0.15) is 18.5 Å². The lowest BCUT2D eigenvalue weighted by Gasteiger charge is -2.31. The SMILES string of the molecule is NCC1CCCN(Cc2cccc(Cl)n2)C1. The van der Waals surface area contributed by atoms with E-state index in [9.17, 15) is 0 Å². The topological polar surface area (TPSA) is 42.1 Å². The molecule has 1 unspecified atom stereocenters. The average molecular weight is 240 g/mol. The van der Waals surface area contributed by atoms with Crippen LogP contribution in [0.2, 0.25) is 5.15 Å². The third kappa shape index (κ3) is 3.17. The van der Waals surface area contributed by atoms with Gasteiger partial charge in [0.2, 0.25) is 0 Å². The third-order valence-corrected chi connectivity index (χ3v) is 3.31. The van der Waals surface area contributed by atoms with Gasteiger partial charge in [0.15, 0.2) is 0 Å². The van der Waals surface area contributed by atoms with E-state index in [-0.39, 0.29) is 0 Å². The smallest absolute Gasteiger partial charge is 0.129 e. The predicted octanol–water partition coefficient (Wildman–Crippen LogP) is 1.91. The standard InChI is InChI=1S/C12H18ClN3/c13-12-5-1-4-11(15-12)9-16-6-2-3-10(7-14)8-16/h1,4-5,10H,2-3,6-9,14H2. The molecule has 0 saturated carbocycles. The molecule has 1 atom stereocenters. The summed E-state index contributed by atoms with van der Waals surface area (Å²) >= 11 is 5.87. The fourth-order valence-corrected chi connectivity index (χ4v) is 2.44. The van der Waals surface area contributed by atoms with Crippen LogP contribution in [0.25, 0.3) is 0 Å². The number of nitrogens with two attached hydrogens (primary N) is 1. The molecule has 0 spiro atoms. The first-order chi connectivity index (χ1) is 7.78. The molecule has 0 aromatic carbocycles. The summed E-state index contributed by atoms with van der Waals surface area (Å²) in [6.07, 6.45) is 2.50. The second kappa shape index (κ2) is 5.62. The third-order valence-electron chi connectivity index (χ3n) is 3.09. The molecule has 1 aliphatic heterocycles. The van der Waals surface area contributed by atoms with Crippen LogP contribution in [0, 0.1) is 5.92 Å². The number of pyridine rings is 1. The van der Waals surface area contributed by atoms with E-state index in [1.807, 2.05) is 18.2 Å². The Bertz CT molecular complexity index is 343. The molecule has 0 amide bonds. The first kappa shape index (κ1) is 11.8. The van der Waals surface area contributed by atoms with E-state index >= 15 is 0 Å². The summed E-state index contributed by atoms with van der Waals surface area (Å²) in [6.45, 7) is 3.91. The van der Waals surface area contributed by atoms with Gasteiger partial charge in [0.25, 0.3) is 0 Å². The molecule has 3 nitrogen and oxygen atoms in total. The van der Waals surface area contributed by atoms with Crippen LogP contribution in [0.15, 0.2) is 18.2 Å². The maximum Gasteiger partial charge on any atom is 0.129 e. The highest BCUT2D eigenvalue weighted by atomic mass is 35.5. The van der Waals surface area contributed by atoms with Crippen LogP contribution in [-0.2, 0) is 6.54 Å². The van der Waals surface area contributed by atoms with E-state index in [1.54, 1.807) is 0 Å². The van der Waals surface area contributed by atoms with Crippen LogP contribution in [0.3, 0.4) is 0 Å². The van der Waals surface area contributed by atoms with Crippen molar-refractivity contribution in [1.82, 2.24) is 9.88 Å². The van der Waals surface area contributed by atoms with Crippen LogP contribution in [-0.4, -0.2) is 29.5 Å². The van der Waals surface area contributed by atoms with Gasteiger partial charge in [0.1, 0.15) is 5.15 Å². The molecular formula is C12H18ClN3. The second-order valence-electron chi connectivity index (χ2n) is 4.43. The molecule has 2 heterocycles. The first-order valence-corrected chi connectivity index (χ1v) is 6.19. The van der Waals surface area contributed by atoms with Crippen molar-refractivity contribution in [3.05, 3.63) is 29.0 Å². The number of nitrogens with zero attached hydrogens (tertiary/aromatic N) is 2. The van der Waals surface area contributed by atoms with Crippen molar-refractivity contribution in [2.45, 2.75) is 19.4 Å². The molecule has 2 N–H and O–H groups in total. The molecule has 0 aliphatic carbocycles. The quantitative estimate of drug-likeness (QED) is 0.820. The van der Waals surface area contributed by atoms with E-state index in [0.29, 0.717) is 11.1 Å². The normalized spacial score (nSPS) is 22.2. The van der Waals surface area contributed by atoms with Gasteiger partial charge in [-0.15, -0.1) is 0 Å². The summed E-state index contributed by atoms with van der Waals surface area (Å²) in [5.41, 5.74) is 6.77. The van der Waals surface area contributed by atoms with Crippen LogP contribution >= 0.6 is 11.6 Å². The minimum atomic E-state index is 0.574. The molecule has 88 valence electrons. The van der Waals surface area contributed by atoms with Crippen molar-refractivity contribution in [3.63, 3.8) is 0 Å². The Balaban J connectivity index is 1.94. The van der Waals surface area contributed by atoms with Gasteiger partial charge in [-0.1, -0.05) is 17.7 Å². The van der Waals surface area contributed by atoms with Gasteiger partial charge in [0.05, 0.1) is 5.69 Å². The zero-order valence-corrected chi connectivity index (χ0v) is 10.2. The van der Waals surface area contributed by atoms with Gasteiger partial charge in [-0.3, -0.25) is 4.90 Å². The highest BCUT2D eigenvalue weighted by Gasteiger charge is 2.18. The van der Waals surface area contributed by atoms with Gasteiger partial charge in [-0.2, -0.15) is 0 Å². The first-order valence-electron chi connectivity index (χ1n) is 5.82. The Morgan fingerprint density at radius 1 is 1.50 bits per heavy atom. The van der Waals surface area contributed by atoms with Crippen molar-refractivity contribution in [3.8, 4) is 0 Å². The van der Waals surface area contributed by atoms with E-state index in [0.717, 1.165) is 31.9 Å². The van der Waals surface area contributed by atoms with E-state index in [2.05, 4.69) is 9.88 Å². The van der Waals surface area contributed by atoms with Gasteiger partial charge in [-0.25, -0.2) is 4.98 Å². The lowest BCUT2D eigenvalue weighted by Crippen LogP contribution is -2.38. The molecule has 1 aromatic rings. The van der Waals surface area contributed by atoms with Crippen molar-refractivity contribution < 1.29 is 0 Å². The van der Waals surface area contributed by atoms with Gasteiger partial charge >= 0.3 is 0 Å². The van der Waals surface area contributed by atoms with E-state index in [4.69, 9.17) is 17.3 Å². The number of rotatable bonds is 3. The average Bonchev–Trinajstić information content (AvgIpc) is 2.29. The van der Waals surface area contributed by atoms with Crippen molar-refractivity contribution in [2.75, 3.05) is 19.6 Å². The molecule has 0 radical (unpaired) electrons. The number of piperidine rings is 1. The maximum atomic E-state index is 5.87. The fourth-order valence-electron chi connectivity index (χ4n) is 2.25. The summed E-state index contributed by atoms with van der Waals surface area (Å²) in [4.78, 5) is 6.73. The highest BCUT2D eigenvalue weighted by Crippen LogP contribution is 2.17. The second-order valence-corrected chi connectivity index (χ2v) is 4.82. The molecule has 1 saturated heterocycles. The van der Waals surface area contributed by atoms with Crippen molar-refractivity contribution >= 4 is 11.6 Å². The lowest BCUT2D eigenvalue weighted by atomic mass is 9.98. The Morgan fingerprint density at radius 2 is 2.38 bits per heavy atom. The molecule has 0 bridgehead atoms. The number of hydrogen-bond donors (Lipinski definition) is 1. The zero-order chi connectivity index (χ0) is 11.4. The minimum Gasteiger partial charge on any atom is -0.330 e. The Hall–Kier alpha value is -0.640. The molecule has 2 rings (SSSR count). The van der Waals surface area contributed by atoms with Crippen molar-refractivity contribution in [1.29, 1.82) is 0 Å². The summed E-state index contributed by atoms with van der Waals surface area (Å²) in [5.74, 6) is 0.646. The van der Waals surface area contributed by atoms with E-state index in [1.165, 1.54) is 12.8 Å². The summed E-state index contributed by atoms with van der Waals surface area (Å²) in [5, 5.41) is 0.574. The molecule has 16 heavy (non-hydrogen) atoms. The Morgan fingerprint density at radius 3 is 3.12 bits per heavy atom. The lowest BCUT2D eigenvalue weighted by molar-refractivity contribution is 0.169. The number of halogens is 1. The zero-order valence-electron chi connectivity index (χ0n) is 9.40. The summed E-state index contributed by atoms with van der Waals surface area (Å²) < 4.78 is 0.